The number of carbonyl (C=O) groups is 1. The Labute approximate surface area is 106 Å². The fraction of sp³-hybridized carbons (Fsp3) is 0.929. The van der Waals surface area contributed by atoms with Crippen LogP contribution in [0.15, 0.2) is 0 Å². The molecule has 0 bridgehead atoms. The molecule has 1 N–H and O–H groups in total. The first kappa shape index (κ1) is 14.5. The Morgan fingerprint density at radius 2 is 2.29 bits per heavy atom. The Morgan fingerprint density at radius 3 is 2.88 bits per heavy atom. The summed E-state index contributed by atoms with van der Waals surface area (Å²) in [4.78, 5) is 14.1. The summed E-state index contributed by atoms with van der Waals surface area (Å²) in [5, 5.41) is 3.40. The zero-order valence-electron chi connectivity index (χ0n) is 11.7. The van der Waals surface area contributed by atoms with Gasteiger partial charge in [0, 0.05) is 19.5 Å². The van der Waals surface area contributed by atoms with Gasteiger partial charge in [-0.3, -0.25) is 4.79 Å². The standard InChI is InChI=1S/C14H28N2O/c1-4-5-7-12(2)14(17)16(3)11-13-8-6-9-15-10-13/h12-13,15H,4-11H2,1-3H3. The van der Waals surface area contributed by atoms with Crippen LogP contribution < -0.4 is 5.32 Å². The van der Waals surface area contributed by atoms with Crippen molar-refractivity contribution in [1.29, 1.82) is 0 Å². The number of piperidine rings is 1. The smallest absolute Gasteiger partial charge is 0.225 e. The summed E-state index contributed by atoms with van der Waals surface area (Å²) >= 11 is 0. The highest BCUT2D eigenvalue weighted by Gasteiger charge is 2.21. The average Bonchev–Trinajstić information content (AvgIpc) is 2.36. The van der Waals surface area contributed by atoms with Crippen molar-refractivity contribution in [1.82, 2.24) is 10.2 Å². The van der Waals surface area contributed by atoms with E-state index in [1.54, 1.807) is 0 Å². The molecule has 0 aromatic rings. The van der Waals surface area contributed by atoms with Crippen molar-refractivity contribution in [2.45, 2.75) is 46.0 Å². The van der Waals surface area contributed by atoms with Crippen molar-refractivity contribution < 1.29 is 4.79 Å². The summed E-state index contributed by atoms with van der Waals surface area (Å²) < 4.78 is 0. The number of rotatable bonds is 6. The van der Waals surface area contributed by atoms with Gasteiger partial charge in [0.2, 0.25) is 5.91 Å². The topological polar surface area (TPSA) is 32.3 Å². The van der Waals surface area contributed by atoms with Crippen LogP contribution in [0.2, 0.25) is 0 Å². The molecule has 0 aliphatic carbocycles. The van der Waals surface area contributed by atoms with Crippen LogP contribution in [-0.4, -0.2) is 37.5 Å². The van der Waals surface area contributed by atoms with Crippen LogP contribution in [0.4, 0.5) is 0 Å². The molecule has 3 heteroatoms. The first-order valence-corrected chi connectivity index (χ1v) is 7.10. The molecule has 1 fully saturated rings. The zero-order chi connectivity index (χ0) is 12.7. The Hall–Kier alpha value is -0.570. The molecule has 17 heavy (non-hydrogen) atoms. The predicted octanol–water partition coefficient (Wildman–Crippen LogP) is 2.27. The Bertz CT molecular complexity index is 224. The number of hydrogen-bond acceptors (Lipinski definition) is 2. The van der Waals surface area contributed by atoms with Gasteiger partial charge < -0.3 is 10.2 Å². The highest BCUT2D eigenvalue weighted by Crippen LogP contribution is 2.15. The maximum atomic E-state index is 12.1. The van der Waals surface area contributed by atoms with Crippen LogP contribution in [0.5, 0.6) is 0 Å². The van der Waals surface area contributed by atoms with E-state index < -0.39 is 0 Å². The zero-order valence-corrected chi connectivity index (χ0v) is 11.7. The van der Waals surface area contributed by atoms with Gasteiger partial charge in [-0.05, 0) is 38.3 Å². The van der Waals surface area contributed by atoms with Gasteiger partial charge in [0.25, 0.3) is 0 Å². The summed E-state index contributed by atoms with van der Waals surface area (Å²) in [6, 6.07) is 0. The molecule has 2 unspecified atom stereocenters. The van der Waals surface area contributed by atoms with Gasteiger partial charge in [0.1, 0.15) is 0 Å². The number of amides is 1. The predicted molar refractivity (Wildman–Crippen MR) is 71.9 cm³/mol. The monoisotopic (exact) mass is 240 g/mol. The van der Waals surface area contributed by atoms with Crippen LogP contribution >= 0.6 is 0 Å². The fourth-order valence-corrected chi connectivity index (χ4v) is 2.57. The molecule has 0 saturated carbocycles. The molecule has 3 nitrogen and oxygen atoms in total. The summed E-state index contributed by atoms with van der Waals surface area (Å²) in [5.41, 5.74) is 0. The van der Waals surface area contributed by atoms with E-state index in [1.165, 1.54) is 19.3 Å². The lowest BCUT2D eigenvalue weighted by molar-refractivity contribution is -0.134. The van der Waals surface area contributed by atoms with Crippen LogP contribution in [-0.2, 0) is 4.79 Å². The third-order valence-corrected chi connectivity index (χ3v) is 3.72. The van der Waals surface area contributed by atoms with Crippen LogP contribution in [0.25, 0.3) is 0 Å². The van der Waals surface area contributed by atoms with Crippen molar-refractivity contribution in [3.63, 3.8) is 0 Å². The largest absolute Gasteiger partial charge is 0.345 e. The second-order valence-corrected chi connectivity index (χ2v) is 5.47. The minimum absolute atomic E-state index is 0.191. The molecule has 0 aromatic carbocycles. The molecule has 0 spiro atoms. The van der Waals surface area contributed by atoms with Crippen LogP contribution in [0, 0.1) is 11.8 Å². The van der Waals surface area contributed by atoms with E-state index in [4.69, 9.17) is 0 Å². The van der Waals surface area contributed by atoms with Gasteiger partial charge in [-0.2, -0.15) is 0 Å². The van der Waals surface area contributed by atoms with E-state index in [9.17, 15) is 4.79 Å². The first-order valence-electron chi connectivity index (χ1n) is 7.10. The molecule has 100 valence electrons. The van der Waals surface area contributed by atoms with Crippen molar-refractivity contribution in [3.8, 4) is 0 Å². The maximum absolute atomic E-state index is 12.1. The number of nitrogens with one attached hydrogen (secondary N) is 1. The molecule has 2 atom stereocenters. The van der Waals surface area contributed by atoms with Gasteiger partial charge in [-0.1, -0.05) is 26.7 Å². The molecule has 1 saturated heterocycles. The fourth-order valence-electron chi connectivity index (χ4n) is 2.57. The van der Waals surface area contributed by atoms with Crippen molar-refractivity contribution >= 4 is 5.91 Å². The van der Waals surface area contributed by atoms with Gasteiger partial charge in [-0.25, -0.2) is 0 Å². The number of carbonyl (C=O) groups excluding carboxylic acids is 1. The molecule has 1 amide bonds. The lowest BCUT2D eigenvalue weighted by Gasteiger charge is -2.29. The van der Waals surface area contributed by atoms with E-state index in [0.717, 1.165) is 32.5 Å². The Balaban J connectivity index is 2.29. The third-order valence-electron chi connectivity index (χ3n) is 3.72. The van der Waals surface area contributed by atoms with E-state index in [0.29, 0.717) is 11.8 Å². The molecule has 1 rings (SSSR count). The third kappa shape index (κ3) is 5.07. The molecule has 1 heterocycles. The van der Waals surface area contributed by atoms with Crippen molar-refractivity contribution in [3.05, 3.63) is 0 Å². The Morgan fingerprint density at radius 1 is 1.53 bits per heavy atom. The first-order chi connectivity index (χ1) is 8.15. The van der Waals surface area contributed by atoms with E-state index in [2.05, 4.69) is 19.2 Å². The lowest BCUT2D eigenvalue weighted by atomic mass is 9.98. The quantitative estimate of drug-likeness (QED) is 0.772. The number of nitrogens with zero attached hydrogens (tertiary/aromatic N) is 1. The summed E-state index contributed by atoms with van der Waals surface area (Å²) in [7, 11) is 1.96. The van der Waals surface area contributed by atoms with Crippen LogP contribution in [0.1, 0.15) is 46.0 Å². The van der Waals surface area contributed by atoms with Crippen molar-refractivity contribution in [2.24, 2.45) is 11.8 Å². The molecular weight excluding hydrogens is 212 g/mol. The van der Waals surface area contributed by atoms with Gasteiger partial charge >= 0.3 is 0 Å². The number of unbranched alkanes of at least 4 members (excludes halogenated alkanes) is 1. The second-order valence-electron chi connectivity index (χ2n) is 5.47. The summed E-state index contributed by atoms with van der Waals surface area (Å²) in [6.45, 7) is 7.37. The Kier molecular flexibility index (Phi) is 6.56. The minimum Gasteiger partial charge on any atom is -0.345 e. The lowest BCUT2D eigenvalue weighted by Crippen LogP contribution is -2.40. The average molecular weight is 240 g/mol. The maximum Gasteiger partial charge on any atom is 0.225 e. The SMILES string of the molecule is CCCCC(C)C(=O)N(C)CC1CCCNC1. The highest BCUT2D eigenvalue weighted by atomic mass is 16.2. The van der Waals surface area contributed by atoms with Gasteiger partial charge in [-0.15, -0.1) is 0 Å². The molecule has 1 aliphatic heterocycles. The van der Waals surface area contributed by atoms with E-state index in [1.807, 2.05) is 11.9 Å². The van der Waals surface area contributed by atoms with Crippen molar-refractivity contribution in [2.75, 3.05) is 26.7 Å². The molecule has 1 aliphatic rings. The second kappa shape index (κ2) is 7.70. The summed E-state index contributed by atoms with van der Waals surface area (Å²) in [5.74, 6) is 1.16. The summed E-state index contributed by atoms with van der Waals surface area (Å²) in [6.07, 6.45) is 5.87. The molecule has 0 radical (unpaired) electrons. The van der Waals surface area contributed by atoms with Crippen LogP contribution in [0.3, 0.4) is 0 Å². The molecule has 0 aromatic heterocycles. The van der Waals surface area contributed by atoms with E-state index in [-0.39, 0.29) is 5.92 Å². The van der Waals surface area contributed by atoms with Gasteiger partial charge in [0.15, 0.2) is 0 Å². The number of hydrogen-bond donors (Lipinski definition) is 1. The van der Waals surface area contributed by atoms with Gasteiger partial charge in [0.05, 0.1) is 0 Å². The minimum atomic E-state index is 0.191. The van der Waals surface area contributed by atoms with E-state index >= 15 is 0 Å². The molecular formula is C14H28N2O. The highest BCUT2D eigenvalue weighted by molar-refractivity contribution is 5.78. The normalized spacial score (nSPS) is 22.2.